The van der Waals surface area contributed by atoms with Gasteiger partial charge in [-0.05, 0) is 37.0 Å². The van der Waals surface area contributed by atoms with E-state index in [4.69, 9.17) is 0 Å². The van der Waals surface area contributed by atoms with E-state index in [1.54, 1.807) is 0 Å². The normalized spacial score (nSPS) is 42.2. The fourth-order valence-electron chi connectivity index (χ4n) is 4.93. The van der Waals surface area contributed by atoms with Crippen molar-refractivity contribution >= 4 is 0 Å². The van der Waals surface area contributed by atoms with Crippen LogP contribution in [-0.2, 0) is 0 Å². The third kappa shape index (κ3) is 1.33. The first-order chi connectivity index (χ1) is 8.49. The van der Waals surface area contributed by atoms with Crippen molar-refractivity contribution in [2.75, 3.05) is 0 Å². The van der Waals surface area contributed by atoms with Gasteiger partial charge < -0.3 is 5.11 Å². The lowest BCUT2D eigenvalue weighted by Crippen LogP contribution is -2.63. The lowest BCUT2D eigenvalue weighted by molar-refractivity contribution is -0.393. The lowest BCUT2D eigenvalue weighted by atomic mass is 9.76. The number of aliphatic hydroxyl groups is 1. The zero-order valence-corrected chi connectivity index (χ0v) is 10.0. The predicted molar refractivity (Wildman–Crippen MR) is 53.1 cm³/mol. The average Bonchev–Trinajstić information content (AvgIpc) is 2.74. The quantitative estimate of drug-likeness (QED) is 0.727. The highest BCUT2D eigenvalue weighted by atomic mass is 19.4. The molecule has 2 bridgehead atoms. The van der Waals surface area contributed by atoms with Gasteiger partial charge in [0.15, 0.2) is 0 Å². The van der Waals surface area contributed by atoms with Gasteiger partial charge in [0.2, 0.25) is 0 Å². The third-order valence-electron chi connectivity index (χ3n) is 5.63. The Labute approximate surface area is 106 Å². The number of halogens is 6. The van der Waals surface area contributed by atoms with Gasteiger partial charge in [-0.2, -0.15) is 26.3 Å². The van der Waals surface area contributed by atoms with Crippen LogP contribution in [0.1, 0.15) is 38.5 Å². The molecule has 110 valence electrons. The van der Waals surface area contributed by atoms with E-state index in [1.807, 2.05) is 0 Å². The van der Waals surface area contributed by atoms with Crippen LogP contribution in [-0.4, -0.2) is 23.1 Å². The summed E-state index contributed by atoms with van der Waals surface area (Å²) in [4.78, 5) is 0. The minimum absolute atomic E-state index is 0.0984. The second-order valence-electron chi connectivity index (χ2n) is 6.41. The molecular weight excluding hydrogens is 274 g/mol. The van der Waals surface area contributed by atoms with Crippen molar-refractivity contribution in [1.29, 1.82) is 0 Å². The molecule has 3 aliphatic rings. The summed E-state index contributed by atoms with van der Waals surface area (Å²) in [7, 11) is 0. The Hall–Kier alpha value is -0.460. The van der Waals surface area contributed by atoms with Crippen LogP contribution in [0.2, 0.25) is 0 Å². The largest absolute Gasteiger partial charge is 0.426 e. The number of fused-ring (bicyclic) bond motifs is 1. The van der Waals surface area contributed by atoms with E-state index in [2.05, 4.69) is 0 Å². The predicted octanol–water partition coefficient (Wildman–Crippen LogP) is 3.81. The zero-order valence-electron chi connectivity index (χ0n) is 10.0. The topological polar surface area (TPSA) is 20.2 Å². The van der Waals surface area contributed by atoms with Crippen molar-refractivity contribution in [2.24, 2.45) is 16.7 Å². The Balaban J connectivity index is 2.09. The highest BCUT2D eigenvalue weighted by Gasteiger charge is 2.91. The summed E-state index contributed by atoms with van der Waals surface area (Å²) in [5, 5.41) is 9.68. The van der Waals surface area contributed by atoms with Crippen molar-refractivity contribution in [3.63, 3.8) is 0 Å². The molecule has 3 fully saturated rings. The van der Waals surface area contributed by atoms with Gasteiger partial charge in [-0.1, -0.05) is 12.8 Å². The van der Waals surface area contributed by atoms with Gasteiger partial charge in [0.25, 0.3) is 5.60 Å². The molecule has 1 N–H and O–H groups in total. The molecule has 0 heterocycles. The van der Waals surface area contributed by atoms with Gasteiger partial charge >= 0.3 is 12.4 Å². The maximum absolute atomic E-state index is 13.0. The molecule has 3 atom stereocenters. The Bertz CT molecular complexity index is 399. The van der Waals surface area contributed by atoms with E-state index < -0.39 is 28.8 Å². The molecule has 0 aromatic heterocycles. The second-order valence-corrected chi connectivity index (χ2v) is 6.41. The standard InChI is InChI=1S/C12H14F6O/c13-11(14,15)10(19,12(16,17)18)9-5-7-2-1-3-8(9,4-7)6-9/h7,19H,1-6H2. The van der Waals surface area contributed by atoms with Crippen LogP contribution in [0.25, 0.3) is 0 Å². The second kappa shape index (κ2) is 3.23. The van der Waals surface area contributed by atoms with Gasteiger partial charge in [0.1, 0.15) is 0 Å². The summed E-state index contributed by atoms with van der Waals surface area (Å²) in [6.45, 7) is 0. The maximum Gasteiger partial charge on any atom is 0.426 e. The van der Waals surface area contributed by atoms with E-state index in [9.17, 15) is 31.4 Å². The molecule has 1 nitrogen and oxygen atoms in total. The molecule has 0 saturated heterocycles. The summed E-state index contributed by atoms with van der Waals surface area (Å²) >= 11 is 0. The van der Waals surface area contributed by atoms with Crippen LogP contribution < -0.4 is 0 Å². The molecule has 0 amide bonds. The smallest absolute Gasteiger partial charge is 0.373 e. The Morgan fingerprint density at radius 2 is 1.53 bits per heavy atom. The molecule has 19 heavy (non-hydrogen) atoms. The Morgan fingerprint density at radius 1 is 0.947 bits per heavy atom. The molecule has 3 saturated carbocycles. The lowest BCUT2D eigenvalue weighted by Gasteiger charge is -2.40. The molecule has 3 unspecified atom stereocenters. The molecule has 7 heteroatoms. The van der Waals surface area contributed by atoms with Crippen LogP contribution in [0.5, 0.6) is 0 Å². The first-order valence-corrected chi connectivity index (χ1v) is 6.35. The number of hydrogen-bond donors (Lipinski definition) is 1. The first kappa shape index (κ1) is 13.5. The molecule has 3 aliphatic carbocycles. The van der Waals surface area contributed by atoms with Crippen LogP contribution in [0.4, 0.5) is 26.3 Å². The highest BCUT2D eigenvalue weighted by Crippen LogP contribution is 2.85. The van der Waals surface area contributed by atoms with Crippen molar-refractivity contribution in [3.8, 4) is 0 Å². The van der Waals surface area contributed by atoms with E-state index in [0.717, 1.165) is 0 Å². The third-order valence-corrected chi connectivity index (χ3v) is 5.63. The van der Waals surface area contributed by atoms with E-state index in [1.165, 1.54) is 0 Å². The van der Waals surface area contributed by atoms with Crippen molar-refractivity contribution in [1.82, 2.24) is 0 Å². The van der Waals surface area contributed by atoms with Crippen LogP contribution in [0.15, 0.2) is 0 Å². The minimum Gasteiger partial charge on any atom is -0.373 e. The molecule has 1 spiro atoms. The van der Waals surface area contributed by atoms with Gasteiger partial charge in [0.05, 0.1) is 0 Å². The van der Waals surface area contributed by atoms with Gasteiger partial charge in [-0.3, -0.25) is 0 Å². The van der Waals surface area contributed by atoms with E-state index >= 15 is 0 Å². The van der Waals surface area contributed by atoms with Crippen molar-refractivity contribution in [2.45, 2.75) is 56.5 Å². The number of rotatable bonds is 1. The fraction of sp³-hybridized carbons (Fsp3) is 1.00. The van der Waals surface area contributed by atoms with E-state index in [-0.39, 0.29) is 18.8 Å². The van der Waals surface area contributed by atoms with E-state index in [0.29, 0.717) is 25.7 Å². The zero-order chi connectivity index (χ0) is 14.3. The number of alkyl halides is 6. The molecule has 0 aromatic carbocycles. The SMILES string of the molecule is OC(C(F)(F)F)(C(F)(F)F)C12CC3CCCC1(C3)C2. The van der Waals surface area contributed by atoms with Crippen molar-refractivity contribution < 1.29 is 31.4 Å². The average molecular weight is 288 g/mol. The minimum atomic E-state index is -5.67. The van der Waals surface area contributed by atoms with Gasteiger partial charge in [-0.15, -0.1) is 0 Å². The monoisotopic (exact) mass is 288 g/mol. The summed E-state index contributed by atoms with van der Waals surface area (Å²) in [5.74, 6) is -0.0984. The fourth-order valence-corrected chi connectivity index (χ4v) is 4.93. The first-order valence-electron chi connectivity index (χ1n) is 6.35. The van der Waals surface area contributed by atoms with Gasteiger partial charge in [0, 0.05) is 5.41 Å². The summed E-state index contributed by atoms with van der Waals surface area (Å²) in [6, 6.07) is 0. The molecular formula is C12H14F6O. The number of hydrogen-bond acceptors (Lipinski definition) is 1. The Kier molecular flexibility index (Phi) is 2.30. The van der Waals surface area contributed by atoms with Crippen LogP contribution >= 0.6 is 0 Å². The summed E-state index contributed by atoms with van der Waals surface area (Å²) in [6.07, 6.45) is -9.53. The molecule has 0 aromatic rings. The van der Waals surface area contributed by atoms with Gasteiger partial charge in [-0.25, -0.2) is 0 Å². The molecule has 3 rings (SSSR count). The molecule has 0 radical (unpaired) electrons. The van der Waals surface area contributed by atoms with Crippen LogP contribution in [0, 0.1) is 16.7 Å². The van der Waals surface area contributed by atoms with Crippen molar-refractivity contribution in [3.05, 3.63) is 0 Å². The van der Waals surface area contributed by atoms with Crippen LogP contribution in [0.3, 0.4) is 0 Å². The summed E-state index contributed by atoms with van der Waals surface area (Å²) < 4.78 is 78.0. The highest BCUT2D eigenvalue weighted by molar-refractivity contribution is 5.31. The maximum atomic E-state index is 13.0. The Morgan fingerprint density at radius 3 is 2.00 bits per heavy atom. The summed E-state index contributed by atoms with van der Waals surface area (Å²) in [5.41, 5.74) is -7.51. The molecule has 0 aliphatic heterocycles.